The van der Waals surface area contributed by atoms with Crippen molar-refractivity contribution < 1.29 is 27.1 Å². The molecule has 166 valence electrons. The Balaban J connectivity index is 1.32. The standard InChI is InChI=1S/C22H28F4N2O2/c23-19-13-30-10-8-20(19)27-18-5-2-15(3-6-18)21(29)28-9-7-14-1-4-17(22(24,25)26)11-16(14)12-28/h1,4,11,15,18-20,27H,2-3,5-10,12-13H2. The topological polar surface area (TPSA) is 41.6 Å². The summed E-state index contributed by atoms with van der Waals surface area (Å²) in [4.78, 5) is 14.7. The van der Waals surface area contributed by atoms with E-state index in [1.54, 1.807) is 4.90 Å². The summed E-state index contributed by atoms with van der Waals surface area (Å²) in [5.41, 5.74) is 0.812. The van der Waals surface area contributed by atoms with Gasteiger partial charge in [0.2, 0.25) is 5.91 Å². The highest BCUT2D eigenvalue weighted by molar-refractivity contribution is 5.79. The molecule has 1 aromatic rings. The summed E-state index contributed by atoms with van der Waals surface area (Å²) in [6.45, 7) is 1.49. The molecule has 1 aliphatic carbocycles. The molecule has 2 heterocycles. The van der Waals surface area contributed by atoms with Gasteiger partial charge in [-0.25, -0.2) is 4.39 Å². The highest BCUT2D eigenvalue weighted by Gasteiger charge is 2.35. The Hall–Kier alpha value is -1.67. The van der Waals surface area contributed by atoms with E-state index in [1.165, 1.54) is 12.1 Å². The van der Waals surface area contributed by atoms with Gasteiger partial charge < -0.3 is 15.0 Å². The van der Waals surface area contributed by atoms with E-state index < -0.39 is 17.9 Å². The quantitative estimate of drug-likeness (QED) is 0.744. The van der Waals surface area contributed by atoms with Crippen molar-refractivity contribution in [3.63, 3.8) is 0 Å². The van der Waals surface area contributed by atoms with Crippen molar-refractivity contribution in [2.45, 2.75) is 69.5 Å². The number of hydrogen-bond acceptors (Lipinski definition) is 3. The number of nitrogens with one attached hydrogen (secondary N) is 1. The summed E-state index contributed by atoms with van der Waals surface area (Å²) >= 11 is 0. The Labute approximate surface area is 173 Å². The zero-order valence-corrected chi connectivity index (χ0v) is 16.9. The van der Waals surface area contributed by atoms with E-state index in [0.717, 1.165) is 37.3 Å². The first-order valence-electron chi connectivity index (χ1n) is 10.8. The third-order valence-electron chi connectivity index (χ3n) is 6.67. The van der Waals surface area contributed by atoms with Gasteiger partial charge in [0.15, 0.2) is 0 Å². The Morgan fingerprint density at radius 1 is 1.10 bits per heavy atom. The maximum absolute atomic E-state index is 14.0. The van der Waals surface area contributed by atoms with Crippen LogP contribution in [0.2, 0.25) is 0 Å². The predicted molar refractivity (Wildman–Crippen MR) is 104 cm³/mol. The number of carbonyl (C=O) groups excluding carboxylic acids is 1. The molecule has 2 fully saturated rings. The van der Waals surface area contributed by atoms with Crippen molar-refractivity contribution >= 4 is 5.91 Å². The number of halogens is 4. The number of alkyl halides is 4. The summed E-state index contributed by atoms with van der Waals surface area (Å²) in [5, 5.41) is 3.39. The molecule has 1 amide bonds. The number of amides is 1. The van der Waals surface area contributed by atoms with Crippen LogP contribution in [0.15, 0.2) is 18.2 Å². The van der Waals surface area contributed by atoms with Gasteiger partial charge in [0, 0.05) is 37.7 Å². The summed E-state index contributed by atoms with van der Waals surface area (Å²) in [7, 11) is 0. The third kappa shape index (κ3) is 4.80. The lowest BCUT2D eigenvalue weighted by atomic mass is 9.84. The van der Waals surface area contributed by atoms with Gasteiger partial charge in [-0.1, -0.05) is 6.07 Å². The fraction of sp³-hybridized carbons (Fsp3) is 0.682. The van der Waals surface area contributed by atoms with Crippen LogP contribution in [0.3, 0.4) is 0 Å². The van der Waals surface area contributed by atoms with Gasteiger partial charge in [0.1, 0.15) is 6.17 Å². The van der Waals surface area contributed by atoms with Gasteiger partial charge >= 0.3 is 6.18 Å². The second-order valence-corrected chi connectivity index (χ2v) is 8.69. The molecule has 4 nitrogen and oxygen atoms in total. The first-order chi connectivity index (χ1) is 14.3. The molecule has 2 atom stereocenters. The van der Waals surface area contributed by atoms with Crippen LogP contribution in [0.5, 0.6) is 0 Å². The second kappa shape index (κ2) is 8.83. The van der Waals surface area contributed by atoms with Crippen LogP contribution in [-0.4, -0.2) is 48.8 Å². The van der Waals surface area contributed by atoms with Crippen LogP contribution in [0.1, 0.15) is 48.8 Å². The van der Waals surface area contributed by atoms with E-state index in [4.69, 9.17) is 4.74 Å². The molecular weight excluding hydrogens is 400 g/mol. The molecule has 30 heavy (non-hydrogen) atoms. The van der Waals surface area contributed by atoms with E-state index in [0.29, 0.717) is 31.6 Å². The minimum Gasteiger partial charge on any atom is -0.378 e. The summed E-state index contributed by atoms with van der Waals surface area (Å²) in [5.74, 6) is -0.0720. The predicted octanol–water partition coefficient (Wildman–Crippen LogP) is 3.87. The van der Waals surface area contributed by atoms with Gasteiger partial charge in [-0.05, 0) is 61.8 Å². The molecule has 4 rings (SSSR count). The van der Waals surface area contributed by atoms with Gasteiger partial charge in [-0.3, -0.25) is 4.79 Å². The van der Waals surface area contributed by atoms with Crippen LogP contribution in [-0.2, 0) is 28.7 Å². The Bertz CT molecular complexity index is 762. The minimum absolute atomic E-state index is 0.0333. The molecule has 1 N–H and O–H groups in total. The number of ether oxygens (including phenoxy) is 1. The molecule has 2 aliphatic heterocycles. The second-order valence-electron chi connectivity index (χ2n) is 8.69. The number of nitrogens with zero attached hydrogens (tertiary/aromatic N) is 1. The third-order valence-corrected chi connectivity index (χ3v) is 6.67. The zero-order chi connectivity index (χ0) is 21.3. The van der Waals surface area contributed by atoms with Crippen molar-refractivity contribution in [3.05, 3.63) is 34.9 Å². The lowest BCUT2D eigenvalue weighted by molar-refractivity contribution is -0.137. The molecule has 0 radical (unpaired) electrons. The minimum atomic E-state index is -4.38. The number of carbonyl (C=O) groups is 1. The van der Waals surface area contributed by atoms with Crippen molar-refractivity contribution in [2.75, 3.05) is 19.8 Å². The largest absolute Gasteiger partial charge is 0.416 e. The smallest absolute Gasteiger partial charge is 0.378 e. The van der Waals surface area contributed by atoms with Crippen LogP contribution in [0.25, 0.3) is 0 Å². The molecule has 0 bridgehead atoms. The van der Waals surface area contributed by atoms with E-state index in [1.807, 2.05) is 0 Å². The molecule has 0 spiro atoms. The average molecular weight is 428 g/mol. The highest BCUT2D eigenvalue weighted by atomic mass is 19.4. The Morgan fingerprint density at radius 3 is 2.57 bits per heavy atom. The highest BCUT2D eigenvalue weighted by Crippen LogP contribution is 2.33. The fourth-order valence-corrected chi connectivity index (χ4v) is 4.88. The molecule has 1 aromatic carbocycles. The normalized spacial score (nSPS) is 30.1. The van der Waals surface area contributed by atoms with E-state index in [-0.39, 0.29) is 37.1 Å². The maximum atomic E-state index is 14.0. The summed E-state index contributed by atoms with van der Waals surface area (Å²) in [6.07, 6.45) is -1.06. The van der Waals surface area contributed by atoms with Gasteiger partial charge in [-0.15, -0.1) is 0 Å². The number of rotatable bonds is 3. The summed E-state index contributed by atoms with van der Waals surface area (Å²) in [6, 6.07) is 3.84. The molecule has 1 saturated carbocycles. The molecule has 8 heteroatoms. The van der Waals surface area contributed by atoms with Crippen LogP contribution >= 0.6 is 0 Å². The SMILES string of the molecule is O=C(C1CCC(NC2CCOCC2F)CC1)N1CCc2ccc(C(F)(F)F)cc2C1. The first-order valence-corrected chi connectivity index (χ1v) is 10.8. The zero-order valence-electron chi connectivity index (χ0n) is 16.9. The number of hydrogen-bond donors (Lipinski definition) is 1. The maximum Gasteiger partial charge on any atom is 0.416 e. The summed E-state index contributed by atoms with van der Waals surface area (Å²) < 4.78 is 58.1. The average Bonchev–Trinajstić information content (AvgIpc) is 2.74. The van der Waals surface area contributed by atoms with Crippen molar-refractivity contribution in [3.8, 4) is 0 Å². The van der Waals surface area contributed by atoms with E-state index >= 15 is 0 Å². The Kier molecular flexibility index (Phi) is 6.34. The van der Waals surface area contributed by atoms with E-state index in [2.05, 4.69) is 5.32 Å². The molecule has 3 aliphatic rings. The van der Waals surface area contributed by atoms with Crippen LogP contribution < -0.4 is 5.32 Å². The van der Waals surface area contributed by atoms with Gasteiger partial charge in [-0.2, -0.15) is 13.2 Å². The van der Waals surface area contributed by atoms with Crippen LogP contribution in [0.4, 0.5) is 17.6 Å². The molecular formula is C22H28F4N2O2. The van der Waals surface area contributed by atoms with Crippen molar-refractivity contribution in [1.82, 2.24) is 10.2 Å². The van der Waals surface area contributed by atoms with E-state index in [9.17, 15) is 22.4 Å². The van der Waals surface area contributed by atoms with Gasteiger partial charge in [0.05, 0.1) is 12.2 Å². The lowest BCUT2D eigenvalue weighted by Gasteiger charge is -2.37. The fourth-order valence-electron chi connectivity index (χ4n) is 4.88. The first kappa shape index (κ1) is 21.6. The molecule has 1 saturated heterocycles. The van der Waals surface area contributed by atoms with Crippen LogP contribution in [0, 0.1) is 5.92 Å². The Morgan fingerprint density at radius 2 is 1.87 bits per heavy atom. The number of benzene rings is 1. The monoisotopic (exact) mass is 428 g/mol. The lowest BCUT2D eigenvalue weighted by Crippen LogP contribution is -2.50. The van der Waals surface area contributed by atoms with Crippen molar-refractivity contribution in [2.24, 2.45) is 5.92 Å². The molecule has 2 unspecified atom stereocenters. The van der Waals surface area contributed by atoms with Crippen molar-refractivity contribution in [1.29, 1.82) is 0 Å². The number of fused-ring (bicyclic) bond motifs is 1. The van der Waals surface area contributed by atoms with Gasteiger partial charge in [0.25, 0.3) is 0 Å². The molecule has 0 aromatic heterocycles.